The number of fused-ring (bicyclic) bond motifs is 1. The van der Waals surface area contributed by atoms with Crippen LogP contribution in [0.5, 0.6) is 5.75 Å². The maximum Gasteiger partial charge on any atom is 0.407 e. The van der Waals surface area contributed by atoms with Crippen LogP contribution in [0.15, 0.2) is 89.3 Å². The van der Waals surface area contributed by atoms with E-state index in [0.717, 1.165) is 10.9 Å². The first-order valence-electron chi connectivity index (χ1n) is 13.3. The first-order valence-corrected chi connectivity index (χ1v) is 13.3. The summed E-state index contributed by atoms with van der Waals surface area (Å²) in [6.07, 6.45) is -0.0220. The van der Waals surface area contributed by atoms with E-state index in [4.69, 9.17) is 13.9 Å². The van der Waals surface area contributed by atoms with Crippen LogP contribution in [-0.2, 0) is 25.7 Å². The molecule has 0 aliphatic carbocycles. The Hall–Kier alpha value is -5.32. The molecule has 218 valence electrons. The summed E-state index contributed by atoms with van der Waals surface area (Å²) >= 11 is 0. The van der Waals surface area contributed by atoms with Gasteiger partial charge in [0, 0.05) is 23.7 Å². The van der Waals surface area contributed by atoms with Gasteiger partial charge in [-0.25, -0.2) is 9.59 Å². The normalized spacial score (nSPS) is 11.3. The Kier molecular flexibility index (Phi) is 10.5. The predicted octanol–water partition coefficient (Wildman–Crippen LogP) is 4.43. The number of hydrogen-bond donors (Lipinski definition) is 3. The smallest absolute Gasteiger partial charge is 0.407 e. The van der Waals surface area contributed by atoms with Crippen molar-refractivity contribution in [3.8, 4) is 5.75 Å². The molecular formula is C31H31N3O8. The minimum Gasteiger partial charge on any atom is -0.482 e. The standard InChI is InChI=1S/C31H31N3O8/c1-39-28(35)20-40-24-13-7-12-23(18-24)33-29(36)25(34-30(37)27-17-22-11-5-6-15-26(22)42-27)14-8-16-32-31(38)41-19-21-9-3-2-4-10-21/h2-7,9-13,15,17-18,25H,8,14,16,19-20H2,1H3,(H,32,38)(H,33,36)(H,34,37)/t25-/m0/s1. The van der Waals surface area contributed by atoms with E-state index in [-0.39, 0.29) is 31.9 Å². The van der Waals surface area contributed by atoms with E-state index in [2.05, 4.69) is 20.7 Å². The SMILES string of the molecule is COC(=O)COc1cccc(NC(=O)[C@H](CCCNC(=O)OCc2ccccc2)NC(=O)c2cc3ccccc3o2)c1. The number of methoxy groups -OCH3 is 1. The highest BCUT2D eigenvalue weighted by molar-refractivity contribution is 6.01. The van der Waals surface area contributed by atoms with Crippen LogP contribution < -0.4 is 20.7 Å². The van der Waals surface area contributed by atoms with Crippen LogP contribution in [0.25, 0.3) is 11.0 Å². The average Bonchev–Trinajstić information content (AvgIpc) is 3.45. The number of esters is 1. The van der Waals surface area contributed by atoms with Gasteiger partial charge >= 0.3 is 12.1 Å². The number of carbonyl (C=O) groups excluding carboxylic acids is 4. The fourth-order valence-electron chi connectivity index (χ4n) is 3.96. The van der Waals surface area contributed by atoms with Gasteiger partial charge in [-0.2, -0.15) is 0 Å². The molecule has 11 heteroatoms. The van der Waals surface area contributed by atoms with Crippen LogP contribution in [0.2, 0.25) is 0 Å². The molecule has 0 aliphatic heterocycles. The van der Waals surface area contributed by atoms with Crippen molar-refractivity contribution in [1.82, 2.24) is 10.6 Å². The van der Waals surface area contributed by atoms with Gasteiger partial charge < -0.3 is 34.6 Å². The van der Waals surface area contributed by atoms with Gasteiger partial charge in [-0.15, -0.1) is 0 Å². The molecule has 0 saturated heterocycles. The van der Waals surface area contributed by atoms with Crippen molar-refractivity contribution in [2.45, 2.75) is 25.5 Å². The Balaban J connectivity index is 1.36. The topological polar surface area (TPSA) is 145 Å². The minimum atomic E-state index is -0.965. The third-order valence-corrected chi connectivity index (χ3v) is 6.11. The van der Waals surface area contributed by atoms with Crippen molar-refractivity contribution < 1.29 is 37.8 Å². The fraction of sp³-hybridized carbons (Fsp3) is 0.226. The summed E-state index contributed by atoms with van der Waals surface area (Å²) in [6.45, 7) is 0.0628. The van der Waals surface area contributed by atoms with Gasteiger partial charge in [0.1, 0.15) is 24.0 Å². The number of alkyl carbamates (subject to hydrolysis) is 1. The molecule has 4 rings (SSSR count). The number of amides is 3. The quantitative estimate of drug-likeness (QED) is 0.157. The molecule has 0 fully saturated rings. The van der Waals surface area contributed by atoms with E-state index < -0.39 is 29.9 Å². The number of benzene rings is 3. The zero-order valence-electron chi connectivity index (χ0n) is 23.0. The molecule has 1 heterocycles. The maximum absolute atomic E-state index is 13.3. The third-order valence-electron chi connectivity index (χ3n) is 6.11. The highest BCUT2D eigenvalue weighted by Gasteiger charge is 2.23. The van der Waals surface area contributed by atoms with Gasteiger partial charge in [0.05, 0.1) is 7.11 Å². The summed E-state index contributed by atoms with van der Waals surface area (Å²) in [6, 6.07) is 23.6. The Bertz CT molecular complexity index is 1490. The van der Waals surface area contributed by atoms with Crippen LogP contribution in [0.3, 0.4) is 0 Å². The molecule has 1 aromatic heterocycles. The van der Waals surface area contributed by atoms with E-state index in [1.165, 1.54) is 7.11 Å². The molecule has 3 N–H and O–H groups in total. The second kappa shape index (κ2) is 14.9. The molecule has 0 spiro atoms. The lowest BCUT2D eigenvalue weighted by Gasteiger charge is -2.18. The van der Waals surface area contributed by atoms with Crippen molar-refractivity contribution in [2.75, 3.05) is 25.6 Å². The molecular weight excluding hydrogens is 542 g/mol. The van der Waals surface area contributed by atoms with Crippen molar-refractivity contribution in [1.29, 1.82) is 0 Å². The van der Waals surface area contributed by atoms with Crippen molar-refractivity contribution in [3.05, 3.63) is 96.3 Å². The predicted molar refractivity (Wildman–Crippen MR) is 154 cm³/mol. The van der Waals surface area contributed by atoms with Gasteiger partial charge in [-0.3, -0.25) is 9.59 Å². The van der Waals surface area contributed by atoms with Crippen molar-refractivity contribution in [3.63, 3.8) is 0 Å². The molecule has 3 aromatic carbocycles. The molecule has 4 aromatic rings. The van der Waals surface area contributed by atoms with E-state index >= 15 is 0 Å². The summed E-state index contributed by atoms with van der Waals surface area (Å²) in [5.74, 6) is -1.18. The third kappa shape index (κ3) is 8.85. The second-order valence-electron chi connectivity index (χ2n) is 9.19. The number of para-hydroxylation sites is 1. The molecule has 3 amide bonds. The van der Waals surface area contributed by atoms with E-state index in [1.54, 1.807) is 42.5 Å². The van der Waals surface area contributed by atoms with Crippen LogP contribution in [-0.4, -0.2) is 50.2 Å². The zero-order valence-corrected chi connectivity index (χ0v) is 23.0. The number of hydrogen-bond acceptors (Lipinski definition) is 8. The second-order valence-corrected chi connectivity index (χ2v) is 9.19. The largest absolute Gasteiger partial charge is 0.482 e. The minimum absolute atomic E-state index is 0.0647. The number of nitrogens with one attached hydrogen (secondary N) is 3. The summed E-state index contributed by atoms with van der Waals surface area (Å²) in [5.41, 5.74) is 1.80. The summed E-state index contributed by atoms with van der Waals surface area (Å²) < 4.78 is 20.8. The number of furan rings is 1. The highest BCUT2D eigenvalue weighted by Crippen LogP contribution is 2.20. The number of anilines is 1. The molecule has 0 aliphatic rings. The van der Waals surface area contributed by atoms with Gasteiger partial charge in [-0.1, -0.05) is 54.6 Å². The van der Waals surface area contributed by atoms with Gasteiger partial charge in [0.25, 0.3) is 5.91 Å². The van der Waals surface area contributed by atoms with Crippen LogP contribution in [0.4, 0.5) is 10.5 Å². The first kappa shape index (κ1) is 29.7. The summed E-state index contributed by atoms with van der Waals surface area (Å²) in [7, 11) is 1.26. The van der Waals surface area contributed by atoms with Crippen molar-refractivity contribution >= 4 is 40.5 Å². The lowest BCUT2D eigenvalue weighted by molar-refractivity contribution is -0.142. The molecule has 0 radical (unpaired) electrons. The Morgan fingerprint density at radius 3 is 2.48 bits per heavy atom. The molecule has 1 atom stereocenters. The van der Waals surface area contributed by atoms with Gasteiger partial charge in [0.2, 0.25) is 5.91 Å². The molecule has 0 unspecified atom stereocenters. The van der Waals surface area contributed by atoms with Crippen molar-refractivity contribution in [2.24, 2.45) is 0 Å². The van der Waals surface area contributed by atoms with Crippen LogP contribution >= 0.6 is 0 Å². The fourth-order valence-corrected chi connectivity index (χ4v) is 3.96. The van der Waals surface area contributed by atoms with E-state index in [0.29, 0.717) is 23.4 Å². The zero-order chi connectivity index (χ0) is 29.7. The first-order chi connectivity index (χ1) is 20.4. The molecule has 0 saturated carbocycles. The Morgan fingerprint density at radius 1 is 0.905 bits per heavy atom. The molecule has 0 bridgehead atoms. The maximum atomic E-state index is 13.3. The highest BCUT2D eigenvalue weighted by atomic mass is 16.6. The lowest BCUT2D eigenvalue weighted by atomic mass is 10.1. The molecule has 42 heavy (non-hydrogen) atoms. The Labute approximate surface area is 242 Å². The van der Waals surface area contributed by atoms with Crippen LogP contribution in [0, 0.1) is 0 Å². The van der Waals surface area contributed by atoms with Crippen LogP contribution in [0.1, 0.15) is 29.0 Å². The lowest BCUT2D eigenvalue weighted by Crippen LogP contribution is -2.44. The summed E-state index contributed by atoms with van der Waals surface area (Å²) in [4.78, 5) is 49.8. The van der Waals surface area contributed by atoms with E-state index in [9.17, 15) is 19.2 Å². The average molecular weight is 574 g/mol. The number of rotatable bonds is 13. The molecule has 11 nitrogen and oxygen atoms in total. The van der Waals surface area contributed by atoms with E-state index in [1.807, 2.05) is 42.5 Å². The van der Waals surface area contributed by atoms with Gasteiger partial charge in [-0.05, 0) is 42.7 Å². The summed E-state index contributed by atoms with van der Waals surface area (Å²) in [5, 5.41) is 8.91. The number of ether oxygens (including phenoxy) is 3. The Morgan fingerprint density at radius 2 is 1.69 bits per heavy atom. The number of carbonyl (C=O) groups is 4. The van der Waals surface area contributed by atoms with Gasteiger partial charge in [0.15, 0.2) is 12.4 Å². The monoisotopic (exact) mass is 573 g/mol.